The second-order valence-corrected chi connectivity index (χ2v) is 15.3. The van der Waals surface area contributed by atoms with Crippen molar-refractivity contribution in [3.8, 4) is 0 Å². The van der Waals surface area contributed by atoms with E-state index in [4.69, 9.17) is 0 Å². The van der Waals surface area contributed by atoms with Crippen LogP contribution in [-0.2, 0) is 0 Å². The lowest BCUT2D eigenvalue weighted by atomic mass is 9.33. The Hall–Kier alpha value is -0.340. The summed E-state index contributed by atoms with van der Waals surface area (Å²) >= 11 is 0. The molecule has 0 aromatic carbocycles. The lowest BCUT2D eigenvalue weighted by Gasteiger charge is -2.71. The smallest absolute Gasteiger partial charge is 0.0604 e. The molecule has 0 aliphatic heterocycles. The van der Waals surface area contributed by atoms with Gasteiger partial charge in [-0.1, -0.05) is 67.0 Å². The van der Waals surface area contributed by atoms with Crippen molar-refractivity contribution in [2.75, 3.05) is 0 Å². The van der Waals surface area contributed by atoms with E-state index in [1.165, 1.54) is 38.5 Å². The molecule has 0 heterocycles. The molecule has 32 heavy (non-hydrogen) atoms. The van der Waals surface area contributed by atoms with Gasteiger partial charge in [0.15, 0.2) is 0 Å². The van der Waals surface area contributed by atoms with Crippen LogP contribution in [0.5, 0.6) is 0 Å². The summed E-state index contributed by atoms with van der Waals surface area (Å²) in [4.78, 5) is 0. The fourth-order valence-corrected chi connectivity index (χ4v) is 10.7. The maximum atomic E-state index is 11.3. The third-order valence-corrected chi connectivity index (χ3v) is 13.1. The molecule has 4 fully saturated rings. The van der Waals surface area contributed by atoms with Gasteiger partial charge in [-0.05, 0) is 103 Å². The van der Waals surface area contributed by atoms with E-state index in [-0.39, 0.29) is 33.9 Å². The first kappa shape index (κ1) is 23.4. The third kappa shape index (κ3) is 2.72. The van der Waals surface area contributed by atoms with Gasteiger partial charge >= 0.3 is 0 Å². The molecule has 0 aromatic heterocycles. The molecule has 0 saturated heterocycles. The van der Waals surface area contributed by atoms with Crippen molar-refractivity contribution >= 4 is 0 Å². The van der Waals surface area contributed by atoms with Gasteiger partial charge in [0.2, 0.25) is 0 Å². The summed E-state index contributed by atoms with van der Waals surface area (Å²) in [6.07, 6.45) is 12.8. The van der Waals surface area contributed by atoms with Crippen molar-refractivity contribution in [2.45, 2.75) is 125 Å². The van der Waals surface area contributed by atoms with Crippen LogP contribution in [0.3, 0.4) is 0 Å². The minimum absolute atomic E-state index is 0.0157. The zero-order valence-corrected chi connectivity index (χ0v) is 22.2. The second kappa shape index (κ2) is 6.66. The van der Waals surface area contributed by atoms with Gasteiger partial charge in [-0.15, -0.1) is 0 Å². The van der Waals surface area contributed by atoms with Crippen molar-refractivity contribution in [1.82, 2.24) is 0 Å². The summed E-state index contributed by atoms with van der Waals surface area (Å²) in [5, 5.41) is 22.2. The highest BCUT2D eigenvalue weighted by molar-refractivity contribution is 5.34. The van der Waals surface area contributed by atoms with E-state index < -0.39 is 0 Å². The second-order valence-electron chi connectivity index (χ2n) is 15.3. The monoisotopic (exact) mass is 442 g/mol. The Morgan fingerprint density at radius 2 is 1.41 bits per heavy atom. The molecule has 0 spiro atoms. The van der Waals surface area contributed by atoms with Crippen molar-refractivity contribution in [3.05, 3.63) is 11.6 Å². The van der Waals surface area contributed by atoms with Crippen LogP contribution in [0.1, 0.15) is 113 Å². The summed E-state index contributed by atoms with van der Waals surface area (Å²) in [7, 11) is 0. The molecule has 2 N–H and O–H groups in total. The summed E-state index contributed by atoms with van der Waals surface area (Å²) < 4.78 is 0. The standard InChI is InChI=1S/C30H50O2/c1-25(2)17-20-19-9-10-22-28(6)13-12-23(31)26(3,4)21(28)11-14-30(22,8)29(19,7)16-15-27(20,5)24(32)18-25/h9,20-24,31-32H,10-18H2,1-8H3/t20-,21?,22?,23-,24+,27+,28-,29+,30+/m0/s1. The van der Waals surface area contributed by atoms with E-state index in [9.17, 15) is 10.2 Å². The maximum absolute atomic E-state index is 11.3. The van der Waals surface area contributed by atoms with Crippen molar-refractivity contribution in [1.29, 1.82) is 0 Å². The number of hydrogen-bond donors (Lipinski definition) is 2. The lowest BCUT2D eigenvalue weighted by Crippen LogP contribution is -2.65. The Morgan fingerprint density at radius 1 is 0.719 bits per heavy atom. The van der Waals surface area contributed by atoms with Gasteiger partial charge in [0, 0.05) is 5.41 Å². The van der Waals surface area contributed by atoms with Gasteiger partial charge < -0.3 is 10.2 Å². The highest BCUT2D eigenvalue weighted by atomic mass is 16.3. The number of aliphatic hydroxyl groups excluding tert-OH is 2. The van der Waals surface area contributed by atoms with Gasteiger partial charge in [-0.2, -0.15) is 0 Å². The molecule has 0 amide bonds. The van der Waals surface area contributed by atoms with Gasteiger partial charge in [0.05, 0.1) is 12.2 Å². The Balaban J connectivity index is 1.58. The van der Waals surface area contributed by atoms with Gasteiger partial charge in [-0.3, -0.25) is 0 Å². The SMILES string of the molecule is CC1(C)C[C@@H](O)[C@]2(C)CC[C@]3(C)C(=CCC4[C@@]5(C)CC[C@H](O)C(C)(C)C5CC[C@]43C)[C@@H]2C1. The highest BCUT2D eigenvalue weighted by Gasteiger charge is 2.68. The minimum atomic E-state index is -0.180. The molecule has 5 aliphatic rings. The third-order valence-electron chi connectivity index (χ3n) is 13.1. The normalized spacial score (nSPS) is 56.2. The molecule has 4 saturated carbocycles. The number of allylic oxidation sites excluding steroid dienone is 2. The molecule has 5 rings (SSSR count). The minimum Gasteiger partial charge on any atom is -0.393 e. The van der Waals surface area contributed by atoms with Crippen LogP contribution in [0.25, 0.3) is 0 Å². The first-order valence-corrected chi connectivity index (χ1v) is 13.7. The number of aliphatic hydroxyl groups is 2. The molecule has 0 radical (unpaired) electrons. The first-order valence-electron chi connectivity index (χ1n) is 13.7. The van der Waals surface area contributed by atoms with Gasteiger partial charge in [0.1, 0.15) is 0 Å². The molecule has 0 aromatic rings. The van der Waals surface area contributed by atoms with Crippen molar-refractivity contribution in [2.24, 2.45) is 50.2 Å². The summed E-state index contributed by atoms with van der Waals surface area (Å²) in [5.74, 6) is 1.83. The lowest BCUT2D eigenvalue weighted by molar-refractivity contribution is -0.207. The van der Waals surface area contributed by atoms with Crippen LogP contribution in [0.15, 0.2) is 11.6 Å². The summed E-state index contributed by atoms with van der Waals surface area (Å²) in [6.45, 7) is 19.7. The molecule has 2 heteroatoms. The zero-order valence-electron chi connectivity index (χ0n) is 22.2. The fourth-order valence-electron chi connectivity index (χ4n) is 10.7. The van der Waals surface area contributed by atoms with Gasteiger partial charge in [0.25, 0.3) is 0 Å². The van der Waals surface area contributed by atoms with Crippen LogP contribution in [0, 0.1) is 50.2 Å². The van der Waals surface area contributed by atoms with E-state index in [0.717, 1.165) is 19.3 Å². The van der Waals surface area contributed by atoms with E-state index in [1.807, 2.05) is 0 Å². The van der Waals surface area contributed by atoms with Crippen LogP contribution < -0.4 is 0 Å². The summed E-state index contributed by atoms with van der Waals surface area (Å²) in [5.41, 5.74) is 2.86. The Bertz CT molecular complexity index is 825. The Morgan fingerprint density at radius 3 is 2.09 bits per heavy atom. The molecular weight excluding hydrogens is 392 g/mol. The Labute approximate surface area is 197 Å². The fraction of sp³-hybridized carbons (Fsp3) is 0.933. The van der Waals surface area contributed by atoms with E-state index in [0.29, 0.717) is 28.6 Å². The van der Waals surface area contributed by atoms with Crippen LogP contribution >= 0.6 is 0 Å². The predicted molar refractivity (Wildman–Crippen MR) is 132 cm³/mol. The molecule has 9 atom stereocenters. The molecule has 182 valence electrons. The highest BCUT2D eigenvalue weighted by Crippen LogP contribution is 2.75. The molecule has 0 bridgehead atoms. The molecule has 2 nitrogen and oxygen atoms in total. The zero-order chi connectivity index (χ0) is 23.5. The summed E-state index contributed by atoms with van der Waals surface area (Å²) in [6, 6.07) is 0. The van der Waals surface area contributed by atoms with E-state index >= 15 is 0 Å². The van der Waals surface area contributed by atoms with Crippen LogP contribution in [0.4, 0.5) is 0 Å². The molecular formula is C30H50O2. The van der Waals surface area contributed by atoms with Crippen molar-refractivity contribution in [3.63, 3.8) is 0 Å². The van der Waals surface area contributed by atoms with Crippen LogP contribution in [-0.4, -0.2) is 22.4 Å². The van der Waals surface area contributed by atoms with E-state index in [1.54, 1.807) is 5.57 Å². The molecule has 2 unspecified atom stereocenters. The Kier molecular flexibility index (Phi) is 4.87. The van der Waals surface area contributed by atoms with E-state index in [2.05, 4.69) is 61.5 Å². The molecule has 5 aliphatic carbocycles. The van der Waals surface area contributed by atoms with Crippen LogP contribution in [0.2, 0.25) is 0 Å². The largest absolute Gasteiger partial charge is 0.393 e. The number of fused-ring (bicyclic) bond motifs is 7. The average molecular weight is 443 g/mol. The number of hydrogen-bond acceptors (Lipinski definition) is 2. The predicted octanol–water partition coefficient (Wildman–Crippen LogP) is 7.14. The van der Waals surface area contributed by atoms with Crippen molar-refractivity contribution < 1.29 is 10.2 Å². The number of rotatable bonds is 0. The first-order chi connectivity index (χ1) is 14.6. The topological polar surface area (TPSA) is 40.5 Å². The average Bonchev–Trinajstić information content (AvgIpc) is 2.67. The maximum Gasteiger partial charge on any atom is 0.0604 e. The quantitative estimate of drug-likeness (QED) is 0.391. The van der Waals surface area contributed by atoms with Gasteiger partial charge in [-0.25, -0.2) is 0 Å².